The maximum atomic E-state index is 12.9. The van der Waals surface area contributed by atoms with Crippen LogP contribution < -0.4 is 5.32 Å². The maximum absolute atomic E-state index is 12.9. The van der Waals surface area contributed by atoms with Crippen molar-refractivity contribution >= 4 is 23.2 Å². The van der Waals surface area contributed by atoms with Gasteiger partial charge in [-0.15, -0.1) is 0 Å². The lowest BCUT2D eigenvalue weighted by atomic mass is 9.78. The van der Waals surface area contributed by atoms with E-state index in [1.54, 1.807) is 6.07 Å². The second-order valence-electron chi connectivity index (χ2n) is 7.08. The number of carbonyl (C=O) groups excluding carboxylic acids is 1. The van der Waals surface area contributed by atoms with Crippen LogP contribution in [0.5, 0.6) is 0 Å². The largest absolute Gasteiger partial charge is 0.362 e. The smallest absolute Gasteiger partial charge is 0.277 e. The molecule has 0 aromatic heterocycles. The minimum Gasteiger partial charge on any atom is -0.362 e. The summed E-state index contributed by atoms with van der Waals surface area (Å²) in [5.41, 5.74) is -0.445. The van der Waals surface area contributed by atoms with Gasteiger partial charge in [-0.05, 0) is 43.5 Å². The van der Waals surface area contributed by atoms with E-state index in [4.69, 9.17) is 11.6 Å². The summed E-state index contributed by atoms with van der Waals surface area (Å²) in [6, 6.07) is 5.76. The molecule has 2 heterocycles. The molecule has 118 valence electrons. The van der Waals surface area contributed by atoms with E-state index in [1.165, 1.54) is 19.3 Å². The van der Waals surface area contributed by atoms with Crippen molar-refractivity contribution in [1.82, 2.24) is 4.90 Å². The first-order chi connectivity index (χ1) is 10.5. The van der Waals surface area contributed by atoms with Gasteiger partial charge in [-0.25, -0.2) is 0 Å². The van der Waals surface area contributed by atoms with Gasteiger partial charge in [0.1, 0.15) is 0 Å². The number of anilines is 1. The van der Waals surface area contributed by atoms with E-state index in [0.29, 0.717) is 11.6 Å². The Balaban J connectivity index is 1.74. The molecule has 0 radical (unpaired) electrons. The van der Waals surface area contributed by atoms with Crippen molar-refractivity contribution in [1.29, 1.82) is 0 Å². The first-order valence-electron chi connectivity index (χ1n) is 8.07. The zero-order chi connectivity index (χ0) is 15.5. The Morgan fingerprint density at radius 3 is 2.77 bits per heavy atom. The minimum absolute atomic E-state index is 0.186. The Morgan fingerprint density at radius 1 is 1.32 bits per heavy atom. The van der Waals surface area contributed by atoms with Crippen LogP contribution in [0.4, 0.5) is 5.69 Å². The van der Waals surface area contributed by atoms with Crippen LogP contribution in [-0.4, -0.2) is 34.2 Å². The molecule has 1 saturated carbocycles. The van der Waals surface area contributed by atoms with E-state index in [-0.39, 0.29) is 11.9 Å². The average molecular weight is 321 g/mol. The average Bonchev–Trinajstić information content (AvgIpc) is 2.86. The van der Waals surface area contributed by atoms with E-state index >= 15 is 0 Å². The van der Waals surface area contributed by atoms with Gasteiger partial charge in [-0.3, -0.25) is 4.79 Å². The van der Waals surface area contributed by atoms with Crippen LogP contribution in [0.2, 0.25) is 5.02 Å². The summed E-state index contributed by atoms with van der Waals surface area (Å²) < 4.78 is 0. The number of likely N-dealkylation sites (tertiary alicyclic amines) is 1. The summed E-state index contributed by atoms with van der Waals surface area (Å²) in [7, 11) is 0. The molecule has 2 fully saturated rings. The summed E-state index contributed by atoms with van der Waals surface area (Å²) in [6.45, 7) is 2.51. The molecule has 0 unspecified atom stereocenters. The third kappa shape index (κ3) is 1.71. The number of aliphatic hydroxyl groups is 1. The van der Waals surface area contributed by atoms with Gasteiger partial charge in [-0.1, -0.05) is 30.9 Å². The molecule has 0 bridgehead atoms. The van der Waals surface area contributed by atoms with Gasteiger partial charge in [0.25, 0.3) is 5.91 Å². The highest BCUT2D eigenvalue weighted by molar-refractivity contribution is 6.30. The Morgan fingerprint density at radius 2 is 2.05 bits per heavy atom. The second kappa shape index (κ2) is 4.62. The lowest BCUT2D eigenvalue weighted by Crippen LogP contribution is -2.53. The number of rotatable bonds is 1. The summed E-state index contributed by atoms with van der Waals surface area (Å²) >= 11 is 6.13. The summed E-state index contributed by atoms with van der Waals surface area (Å²) in [6.07, 6.45) is 5.66. The zero-order valence-corrected chi connectivity index (χ0v) is 13.5. The topological polar surface area (TPSA) is 52.6 Å². The van der Waals surface area contributed by atoms with E-state index < -0.39 is 11.1 Å². The van der Waals surface area contributed by atoms with Gasteiger partial charge < -0.3 is 15.3 Å². The molecule has 1 aliphatic carbocycles. The zero-order valence-electron chi connectivity index (χ0n) is 12.7. The Kier molecular flexibility index (Phi) is 3.01. The predicted molar refractivity (Wildman–Crippen MR) is 86.0 cm³/mol. The number of halogens is 1. The number of hydrogen-bond donors (Lipinski definition) is 2. The SMILES string of the molecule is C[C@@]12CN(C3CCCCC3)C(=O)[C@]1(O)Nc1ccc(Cl)cc12. The fraction of sp³-hybridized carbons (Fsp3) is 0.588. The first-order valence-corrected chi connectivity index (χ1v) is 8.45. The summed E-state index contributed by atoms with van der Waals surface area (Å²) in [5.74, 6) is -0.186. The van der Waals surface area contributed by atoms with Crippen molar-refractivity contribution in [3.63, 3.8) is 0 Å². The number of fused-ring (bicyclic) bond motifs is 3. The summed E-state index contributed by atoms with van der Waals surface area (Å²) in [4.78, 5) is 14.8. The lowest BCUT2D eigenvalue weighted by molar-refractivity contribution is -0.144. The van der Waals surface area contributed by atoms with Crippen molar-refractivity contribution in [3.8, 4) is 0 Å². The van der Waals surface area contributed by atoms with Gasteiger partial charge in [0.15, 0.2) is 0 Å². The molecule has 4 nitrogen and oxygen atoms in total. The fourth-order valence-corrected chi connectivity index (χ4v) is 4.58. The maximum Gasteiger partial charge on any atom is 0.277 e. The minimum atomic E-state index is -1.54. The lowest BCUT2D eigenvalue weighted by Gasteiger charge is -2.32. The van der Waals surface area contributed by atoms with E-state index in [9.17, 15) is 9.90 Å². The predicted octanol–water partition coefficient (Wildman–Crippen LogP) is 2.89. The molecule has 1 aromatic carbocycles. The molecule has 0 spiro atoms. The summed E-state index contributed by atoms with van der Waals surface area (Å²) in [5, 5.41) is 14.8. The second-order valence-corrected chi connectivity index (χ2v) is 7.52. The molecule has 1 saturated heterocycles. The van der Waals surface area contributed by atoms with E-state index in [2.05, 4.69) is 5.32 Å². The van der Waals surface area contributed by atoms with Gasteiger partial charge in [-0.2, -0.15) is 0 Å². The van der Waals surface area contributed by atoms with Crippen molar-refractivity contribution < 1.29 is 9.90 Å². The first kappa shape index (κ1) is 14.3. The third-order valence-corrected chi connectivity index (χ3v) is 6.00. The molecular weight excluding hydrogens is 300 g/mol. The van der Waals surface area contributed by atoms with Gasteiger partial charge >= 0.3 is 0 Å². The molecule has 1 aromatic rings. The van der Waals surface area contributed by atoms with Crippen molar-refractivity contribution in [2.45, 2.75) is 56.2 Å². The highest BCUT2D eigenvalue weighted by atomic mass is 35.5. The molecule has 4 rings (SSSR count). The number of hydrogen-bond acceptors (Lipinski definition) is 3. The van der Waals surface area contributed by atoms with E-state index in [0.717, 1.165) is 24.1 Å². The fourth-order valence-electron chi connectivity index (χ4n) is 4.41. The highest BCUT2D eigenvalue weighted by Gasteiger charge is 2.66. The highest BCUT2D eigenvalue weighted by Crippen LogP contribution is 2.52. The van der Waals surface area contributed by atoms with Crippen LogP contribution >= 0.6 is 11.6 Å². The Bertz CT molecular complexity index is 644. The number of carbonyl (C=O) groups is 1. The molecule has 2 atom stereocenters. The molecule has 2 N–H and O–H groups in total. The molecule has 5 heteroatoms. The molecular formula is C17H21ClN2O2. The van der Waals surface area contributed by atoms with Crippen LogP contribution in [0, 0.1) is 0 Å². The van der Waals surface area contributed by atoms with Crippen molar-refractivity contribution in [3.05, 3.63) is 28.8 Å². The monoisotopic (exact) mass is 320 g/mol. The Labute approximate surface area is 135 Å². The number of nitrogens with one attached hydrogen (secondary N) is 1. The Hall–Kier alpha value is -1.26. The van der Waals surface area contributed by atoms with Crippen LogP contribution in [-0.2, 0) is 10.2 Å². The van der Waals surface area contributed by atoms with E-state index in [1.807, 2.05) is 24.0 Å². The standard InChI is InChI=1S/C17H21ClN2O2/c1-16-10-20(12-5-3-2-4-6-12)15(21)17(16,22)19-14-8-7-11(18)9-13(14)16/h7-9,12,19,22H,2-6,10H2,1H3/t16-,17+/m0/s1. The molecule has 1 amide bonds. The van der Waals surface area contributed by atoms with Crippen molar-refractivity contribution in [2.24, 2.45) is 0 Å². The van der Waals surface area contributed by atoms with Crippen LogP contribution in [0.1, 0.15) is 44.6 Å². The molecule has 22 heavy (non-hydrogen) atoms. The van der Waals surface area contributed by atoms with Gasteiger partial charge in [0.2, 0.25) is 5.72 Å². The van der Waals surface area contributed by atoms with Gasteiger partial charge in [0, 0.05) is 23.3 Å². The molecule has 2 aliphatic heterocycles. The molecule has 3 aliphatic rings. The van der Waals surface area contributed by atoms with Crippen LogP contribution in [0.25, 0.3) is 0 Å². The number of benzene rings is 1. The van der Waals surface area contributed by atoms with Crippen LogP contribution in [0.15, 0.2) is 18.2 Å². The van der Waals surface area contributed by atoms with Crippen molar-refractivity contribution in [2.75, 3.05) is 11.9 Å². The number of nitrogens with zero attached hydrogens (tertiary/aromatic N) is 1. The van der Waals surface area contributed by atoms with Gasteiger partial charge in [0.05, 0.1) is 5.41 Å². The van der Waals surface area contributed by atoms with Crippen LogP contribution in [0.3, 0.4) is 0 Å². The third-order valence-electron chi connectivity index (χ3n) is 5.76. The number of amides is 1. The quantitative estimate of drug-likeness (QED) is 0.836. The normalized spacial score (nSPS) is 34.5.